The van der Waals surface area contributed by atoms with E-state index in [0.717, 1.165) is 12.8 Å². The molecule has 3 rings (SSSR count). The van der Waals surface area contributed by atoms with E-state index in [9.17, 15) is 14.0 Å². The summed E-state index contributed by atoms with van der Waals surface area (Å²) in [4.78, 5) is 25.2. The zero-order valence-electron chi connectivity index (χ0n) is 10.8. The van der Waals surface area contributed by atoms with Crippen LogP contribution in [0, 0.1) is 5.82 Å². The van der Waals surface area contributed by atoms with Crippen molar-refractivity contribution in [2.75, 3.05) is 12.3 Å². The van der Waals surface area contributed by atoms with Gasteiger partial charge in [-0.05, 0) is 18.9 Å². The highest BCUT2D eigenvalue weighted by atomic mass is 32.2. The van der Waals surface area contributed by atoms with Gasteiger partial charge in [-0.1, -0.05) is 18.2 Å². The maximum absolute atomic E-state index is 13.8. The lowest BCUT2D eigenvalue weighted by molar-refractivity contribution is -0.133. The molecular formula is C14H15FN2O2S. The number of amides is 2. The number of halogens is 1. The monoisotopic (exact) mass is 294 g/mol. The molecule has 1 saturated heterocycles. The third kappa shape index (κ3) is 2.80. The van der Waals surface area contributed by atoms with Crippen molar-refractivity contribution in [2.45, 2.75) is 24.3 Å². The Morgan fingerprint density at radius 1 is 1.40 bits per heavy atom. The van der Waals surface area contributed by atoms with Gasteiger partial charge in [0.05, 0.1) is 5.75 Å². The normalized spacial score (nSPS) is 22.1. The van der Waals surface area contributed by atoms with Crippen LogP contribution in [0.3, 0.4) is 0 Å². The third-order valence-corrected chi connectivity index (χ3v) is 4.63. The molecule has 1 aromatic carbocycles. The smallest absolute Gasteiger partial charge is 0.239 e. The molecular weight excluding hydrogens is 279 g/mol. The van der Waals surface area contributed by atoms with Gasteiger partial charge < -0.3 is 10.2 Å². The molecule has 0 radical (unpaired) electrons. The van der Waals surface area contributed by atoms with Gasteiger partial charge in [0.25, 0.3) is 0 Å². The molecule has 20 heavy (non-hydrogen) atoms. The van der Waals surface area contributed by atoms with Crippen molar-refractivity contribution >= 4 is 23.6 Å². The number of nitrogens with zero attached hydrogens (tertiary/aromatic N) is 1. The fraction of sp³-hybridized carbons (Fsp3) is 0.429. The summed E-state index contributed by atoms with van der Waals surface area (Å²) in [7, 11) is 0. The summed E-state index contributed by atoms with van der Waals surface area (Å²) in [5.41, 5.74) is 0.461. The highest BCUT2D eigenvalue weighted by Crippen LogP contribution is 2.39. The molecule has 0 bridgehead atoms. The van der Waals surface area contributed by atoms with Crippen molar-refractivity contribution in [3.63, 3.8) is 0 Å². The standard InChI is InChI=1S/C14H15FN2O2S/c15-11-4-2-1-3-10(11)14-17(13(19)8-20-14)7-12(18)16-9-5-6-9/h1-4,9,14H,5-8H2,(H,16,18)/t14-/m0/s1. The van der Waals surface area contributed by atoms with Crippen molar-refractivity contribution in [3.05, 3.63) is 35.6 Å². The molecule has 1 N–H and O–H groups in total. The largest absolute Gasteiger partial charge is 0.352 e. The lowest BCUT2D eigenvalue weighted by Crippen LogP contribution is -2.40. The van der Waals surface area contributed by atoms with Crippen LogP contribution in [0.2, 0.25) is 0 Å². The lowest BCUT2D eigenvalue weighted by atomic mass is 10.2. The first-order valence-electron chi connectivity index (χ1n) is 6.60. The van der Waals surface area contributed by atoms with Crippen LogP contribution >= 0.6 is 11.8 Å². The van der Waals surface area contributed by atoms with Crippen molar-refractivity contribution in [1.82, 2.24) is 10.2 Å². The van der Waals surface area contributed by atoms with Crippen molar-refractivity contribution in [3.8, 4) is 0 Å². The molecule has 1 saturated carbocycles. The minimum absolute atomic E-state index is 0.00132. The Kier molecular flexibility index (Phi) is 3.65. The van der Waals surface area contributed by atoms with E-state index in [1.54, 1.807) is 18.2 Å². The quantitative estimate of drug-likeness (QED) is 0.919. The number of carbonyl (C=O) groups is 2. The van der Waals surface area contributed by atoms with E-state index >= 15 is 0 Å². The van der Waals surface area contributed by atoms with E-state index in [1.807, 2.05) is 0 Å². The summed E-state index contributed by atoms with van der Waals surface area (Å²) in [5.74, 6) is -0.332. The molecule has 1 aliphatic carbocycles. The second kappa shape index (κ2) is 5.44. The topological polar surface area (TPSA) is 49.4 Å². The van der Waals surface area contributed by atoms with Crippen LogP contribution in [0.15, 0.2) is 24.3 Å². The van der Waals surface area contributed by atoms with Crippen LogP contribution in [0.5, 0.6) is 0 Å². The highest BCUT2D eigenvalue weighted by Gasteiger charge is 2.36. The maximum Gasteiger partial charge on any atom is 0.239 e. The number of nitrogens with one attached hydrogen (secondary N) is 1. The molecule has 2 fully saturated rings. The molecule has 1 aromatic rings. The van der Waals surface area contributed by atoms with Crippen molar-refractivity contribution in [1.29, 1.82) is 0 Å². The number of rotatable bonds is 4. The number of benzene rings is 1. The summed E-state index contributed by atoms with van der Waals surface area (Å²) in [6, 6.07) is 6.66. The molecule has 4 nitrogen and oxygen atoms in total. The number of carbonyl (C=O) groups excluding carboxylic acids is 2. The van der Waals surface area contributed by atoms with E-state index in [1.165, 1.54) is 22.7 Å². The molecule has 2 amide bonds. The minimum Gasteiger partial charge on any atom is -0.352 e. The average molecular weight is 294 g/mol. The summed E-state index contributed by atoms with van der Waals surface area (Å²) < 4.78 is 13.8. The number of hydrogen-bond donors (Lipinski definition) is 1. The third-order valence-electron chi connectivity index (χ3n) is 3.40. The van der Waals surface area contributed by atoms with Crippen LogP contribution in [0.1, 0.15) is 23.8 Å². The zero-order chi connectivity index (χ0) is 14.1. The molecule has 1 atom stereocenters. The van der Waals surface area contributed by atoms with Crippen LogP contribution in [0.4, 0.5) is 4.39 Å². The van der Waals surface area contributed by atoms with Crippen LogP contribution < -0.4 is 5.32 Å². The molecule has 1 heterocycles. The van der Waals surface area contributed by atoms with Gasteiger partial charge in [-0.3, -0.25) is 9.59 Å². The Morgan fingerprint density at radius 2 is 2.15 bits per heavy atom. The van der Waals surface area contributed by atoms with E-state index in [-0.39, 0.29) is 36.0 Å². The first-order valence-corrected chi connectivity index (χ1v) is 7.65. The van der Waals surface area contributed by atoms with Crippen LogP contribution in [-0.2, 0) is 9.59 Å². The SMILES string of the molecule is O=C(CN1C(=O)CS[C@H]1c1ccccc1F)NC1CC1. The van der Waals surface area contributed by atoms with E-state index in [0.29, 0.717) is 5.56 Å². The lowest BCUT2D eigenvalue weighted by Gasteiger charge is -2.24. The van der Waals surface area contributed by atoms with E-state index in [2.05, 4.69) is 5.32 Å². The Morgan fingerprint density at radius 3 is 2.85 bits per heavy atom. The van der Waals surface area contributed by atoms with Gasteiger partial charge in [0.2, 0.25) is 11.8 Å². The summed E-state index contributed by atoms with van der Waals surface area (Å²) in [5, 5.41) is 2.44. The predicted octanol–water partition coefficient (Wildman–Crippen LogP) is 1.68. The molecule has 2 aliphatic rings. The van der Waals surface area contributed by atoms with Crippen LogP contribution in [0.25, 0.3) is 0 Å². The number of hydrogen-bond acceptors (Lipinski definition) is 3. The van der Waals surface area contributed by atoms with Crippen molar-refractivity contribution < 1.29 is 14.0 Å². The van der Waals surface area contributed by atoms with Crippen molar-refractivity contribution in [2.24, 2.45) is 0 Å². The first-order chi connectivity index (χ1) is 9.65. The molecule has 0 spiro atoms. The summed E-state index contributed by atoms with van der Waals surface area (Å²) >= 11 is 1.36. The fourth-order valence-corrected chi connectivity index (χ4v) is 3.42. The molecule has 0 unspecified atom stereocenters. The Balaban J connectivity index is 1.74. The Labute approximate surface area is 120 Å². The van der Waals surface area contributed by atoms with Gasteiger partial charge in [0.1, 0.15) is 17.7 Å². The number of thioether (sulfide) groups is 1. The summed E-state index contributed by atoms with van der Waals surface area (Å²) in [6.07, 6.45) is 2.01. The van der Waals surface area contributed by atoms with Gasteiger partial charge in [-0.25, -0.2) is 4.39 Å². The van der Waals surface area contributed by atoms with Gasteiger partial charge in [0.15, 0.2) is 0 Å². The maximum atomic E-state index is 13.8. The summed E-state index contributed by atoms with van der Waals surface area (Å²) in [6.45, 7) is 0.00132. The second-order valence-corrected chi connectivity index (χ2v) is 6.12. The Hall–Kier alpha value is -1.56. The van der Waals surface area contributed by atoms with Gasteiger partial charge in [-0.2, -0.15) is 0 Å². The molecule has 6 heteroatoms. The van der Waals surface area contributed by atoms with E-state index < -0.39 is 5.37 Å². The second-order valence-electron chi connectivity index (χ2n) is 5.05. The average Bonchev–Trinajstić information content (AvgIpc) is 3.16. The fourth-order valence-electron chi connectivity index (χ4n) is 2.21. The van der Waals surface area contributed by atoms with E-state index in [4.69, 9.17) is 0 Å². The predicted molar refractivity (Wildman–Crippen MR) is 74.5 cm³/mol. The molecule has 0 aromatic heterocycles. The minimum atomic E-state index is -0.409. The van der Waals surface area contributed by atoms with Gasteiger partial charge in [0, 0.05) is 11.6 Å². The zero-order valence-corrected chi connectivity index (χ0v) is 11.7. The molecule has 106 valence electrons. The highest BCUT2D eigenvalue weighted by molar-refractivity contribution is 8.00. The Bertz CT molecular complexity index is 548. The van der Waals surface area contributed by atoms with Gasteiger partial charge in [-0.15, -0.1) is 11.8 Å². The first kappa shape index (κ1) is 13.4. The van der Waals surface area contributed by atoms with Crippen LogP contribution in [-0.4, -0.2) is 35.1 Å². The van der Waals surface area contributed by atoms with Gasteiger partial charge >= 0.3 is 0 Å². The molecule has 1 aliphatic heterocycles.